The predicted molar refractivity (Wildman–Crippen MR) is 123 cm³/mol. The first kappa shape index (κ1) is 23.2. The van der Waals surface area contributed by atoms with Crippen LogP contribution in [0.1, 0.15) is 11.6 Å². The summed E-state index contributed by atoms with van der Waals surface area (Å²) in [6, 6.07) is 19.0. The number of quaternary nitrogens is 1. The Kier molecular flexibility index (Phi) is 7.81. The Morgan fingerprint density at radius 2 is 1.72 bits per heavy atom. The van der Waals surface area contributed by atoms with Crippen molar-refractivity contribution >= 4 is 34.8 Å². The maximum Gasteiger partial charge on any atom is 0.287 e. The summed E-state index contributed by atoms with van der Waals surface area (Å²) in [7, 11) is 3.26. The number of halogens is 2. The van der Waals surface area contributed by atoms with Gasteiger partial charge in [-0.3, -0.25) is 9.59 Å². The molecule has 1 unspecified atom stereocenters. The van der Waals surface area contributed by atoms with Crippen LogP contribution in [0, 0.1) is 5.82 Å². The molecule has 0 aliphatic rings. The molecule has 3 aromatic carbocycles. The quantitative estimate of drug-likeness (QED) is 0.487. The number of nitrogens with one attached hydrogen (secondary N) is 3. The summed E-state index contributed by atoms with van der Waals surface area (Å²) in [5, 5.41) is 6.05. The van der Waals surface area contributed by atoms with Crippen molar-refractivity contribution in [1.82, 2.24) is 0 Å². The number of likely N-dealkylation sites (N-methyl/N-ethyl adjacent to an activating group) is 1. The van der Waals surface area contributed by atoms with Gasteiger partial charge in [0.05, 0.1) is 19.8 Å². The molecule has 0 fully saturated rings. The molecule has 0 aliphatic heterocycles. The lowest BCUT2D eigenvalue weighted by molar-refractivity contribution is -0.893. The maximum atomic E-state index is 13.2. The van der Waals surface area contributed by atoms with Crippen LogP contribution in [0.3, 0.4) is 0 Å². The van der Waals surface area contributed by atoms with Crippen LogP contribution in [0.25, 0.3) is 0 Å². The summed E-state index contributed by atoms with van der Waals surface area (Å²) in [4.78, 5) is 26.5. The summed E-state index contributed by atoms with van der Waals surface area (Å²) in [6.45, 7) is 0.00602. The molecule has 0 aromatic heterocycles. The van der Waals surface area contributed by atoms with Gasteiger partial charge in [-0.2, -0.15) is 0 Å². The van der Waals surface area contributed by atoms with Gasteiger partial charge in [-0.25, -0.2) is 4.39 Å². The Bertz CT molecular complexity index is 1080. The molecule has 3 rings (SSSR count). The highest BCUT2D eigenvalue weighted by molar-refractivity contribution is 6.31. The average molecular weight is 457 g/mol. The number of amides is 2. The van der Waals surface area contributed by atoms with E-state index < -0.39 is 11.9 Å². The molecule has 0 heterocycles. The summed E-state index contributed by atoms with van der Waals surface area (Å²) >= 11 is 6.03. The van der Waals surface area contributed by atoms with Crippen LogP contribution in [-0.2, 0) is 9.59 Å². The smallest absolute Gasteiger partial charge is 0.287 e. The number of carbonyl (C=O) groups excluding carboxylic acids is 2. The molecule has 3 aromatic rings. The average Bonchev–Trinajstić information content (AvgIpc) is 2.76. The van der Waals surface area contributed by atoms with Crippen LogP contribution < -0.4 is 20.3 Å². The van der Waals surface area contributed by atoms with Gasteiger partial charge in [-0.05, 0) is 42.5 Å². The fraction of sp³-hybridized carbons (Fsp3) is 0.167. The summed E-state index contributed by atoms with van der Waals surface area (Å²) in [5.41, 5.74) is 1.67. The molecule has 0 aliphatic carbocycles. The van der Waals surface area contributed by atoms with E-state index in [9.17, 15) is 14.0 Å². The van der Waals surface area contributed by atoms with Crippen LogP contribution in [0.2, 0.25) is 5.02 Å². The molecule has 0 bridgehead atoms. The lowest BCUT2D eigenvalue weighted by Crippen LogP contribution is -3.11. The predicted octanol–water partition coefficient (Wildman–Crippen LogP) is 3.32. The molecular formula is C24H24ClFN3O3+. The molecule has 0 radical (unpaired) electrons. The number of methoxy groups -OCH3 is 1. The van der Waals surface area contributed by atoms with Gasteiger partial charge in [0.15, 0.2) is 12.6 Å². The largest absolute Gasteiger partial charge is 0.495 e. The highest BCUT2D eigenvalue weighted by Crippen LogP contribution is 2.27. The zero-order chi connectivity index (χ0) is 23.1. The van der Waals surface area contributed by atoms with Gasteiger partial charge in [0, 0.05) is 16.3 Å². The van der Waals surface area contributed by atoms with Crippen LogP contribution in [0.4, 0.5) is 15.8 Å². The Morgan fingerprint density at radius 3 is 2.38 bits per heavy atom. The van der Waals surface area contributed by atoms with Crippen molar-refractivity contribution in [3.05, 3.63) is 89.2 Å². The third-order valence-corrected chi connectivity index (χ3v) is 5.11. The standard InChI is InChI=1S/C24H23ClFN3O3/c1-29(15-22(30)28-20-14-17(25)8-13-21(20)32-2)23(16-6-4-3-5-7-16)24(31)27-19-11-9-18(26)10-12-19/h3-14,23H,15H2,1-2H3,(H,27,31)(H,28,30)/p+1/t23-/m0/s1. The SMILES string of the molecule is COc1ccc(Cl)cc1NC(=O)C[NH+](C)[C@H](C(=O)Nc1ccc(F)cc1)c1ccccc1. The molecule has 0 saturated carbocycles. The van der Waals surface area contributed by atoms with Gasteiger partial charge in [-0.1, -0.05) is 41.9 Å². The van der Waals surface area contributed by atoms with Crippen molar-refractivity contribution in [2.75, 3.05) is 31.3 Å². The van der Waals surface area contributed by atoms with E-state index >= 15 is 0 Å². The molecule has 6 nitrogen and oxygen atoms in total. The number of rotatable bonds is 8. The fourth-order valence-corrected chi connectivity index (χ4v) is 3.55. The van der Waals surface area contributed by atoms with Gasteiger partial charge >= 0.3 is 0 Å². The monoisotopic (exact) mass is 456 g/mol. The molecule has 0 saturated heterocycles. The summed E-state index contributed by atoms with van der Waals surface area (Å²) in [5.74, 6) is -0.528. The molecular weight excluding hydrogens is 433 g/mol. The van der Waals surface area contributed by atoms with Gasteiger partial charge in [0.2, 0.25) is 0 Å². The zero-order valence-corrected chi connectivity index (χ0v) is 18.4. The van der Waals surface area contributed by atoms with Gasteiger partial charge < -0.3 is 20.3 Å². The third kappa shape index (κ3) is 6.06. The number of hydrogen-bond donors (Lipinski definition) is 3. The molecule has 166 valence electrons. The second kappa shape index (κ2) is 10.7. The van der Waals surface area contributed by atoms with E-state index in [-0.39, 0.29) is 18.4 Å². The minimum atomic E-state index is -0.673. The van der Waals surface area contributed by atoms with Gasteiger partial charge in [-0.15, -0.1) is 0 Å². The van der Waals surface area contributed by atoms with Crippen molar-refractivity contribution in [3.8, 4) is 5.75 Å². The second-order valence-corrected chi connectivity index (χ2v) is 7.69. The van der Waals surface area contributed by atoms with E-state index in [0.29, 0.717) is 27.0 Å². The van der Waals surface area contributed by atoms with E-state index in [1.165, 1.54) is 31.4 Å². The Balaban J connectivity index is 1.77. The van der Waals surface area contributed by atoms with E-state index in [0.717, 1.165) is 5.56 Å². The highest BCUT2D eigenvalue weighted by Gasteiger charge is 2.30. The van der Waals surface area contributed by atoms with Crippen molar-refractivity contribution in [2.24, 2.45) is 0 Å². The zero-order valence-electron chi connectivity index (χ0n) is 17.7. The van der Waals surface area contributed by atoms with Crippen molar-refractivity contribution in [3.63, 3.8) is 0 Å². The van der Waals surface area contributed by atoms with Crippen molar-refractivity contribution in [2.45, 2.75) is 6.04 Å². The summed E-state index contributed by atoms with van der Waals surface area (Å²) in [6.07, 6.45) is 0. The fourth-order valence-electron chi connectivity index (χ4n) is 3.38. The van der Waals surface area contributed by atoms with Crippen LogP contribution in [0.5, 0.6) is 5.75 Å². The number of benzene rings is 3. The highest BCUT2D eigenvalue weighted by atomic mass is 35.5. The van der Waals surface area contributed by atoms with Gasteiger partial charge in [0.25, 0.3) is 11.8 Å². The van der Waals surface area contributed by atoms with Crippen molar-refractivity contribution in [1.29, 1.82) is 0 Å². The third-order valence-electron chi connectivity index (χ3n) is 4.87. The maximum absolute atomic E-state index is 13.2. The minimum Gasteiger partial charge on any atom is -0.495 e. The van der Waals surface area contributed by atoms with Crippen LogP contribution >= 0.6 is 11.6 Å². The van der Waals surface area contributed by atoms with E-state index in [4.69, 9.17) is 16.3 Å². The number of carbonyl (C=O) groups is 2. The normalized spacial score (nSPS) is 12.5. The lowest BCUT2D eigenvalue weighted by atomic mass is 10.0. The Hall–Kier alpha value is -3.42. The molecule has 0 spiro atoms. The topological polar surface area (TPSA) is 71.9 Å². The summed E-state index contributed by atoms with van der Waals surface area (Å²) < 4.78 is 18.5. The first-order valence-electron chi connectivity index (χ1n) is 9.94. The van der Waals surface area contributed by atoms with E-state index in [1.54, 1.807) is 25.2 Å². The van der Waals surface area contributed by atoms with Crippen LogP contribution in [0.15, 0.2) is 72.8 Å². The number of ether oxygens (including phenoxy) is 1. The molecule has 3 N–H and O–H groups in total. The van der Waals surface area contributed by atoms with Gasteiger partial charge in [0.1, 0.15) is 11.6 Å². The first-order chi connectivity index (χ1) is 15.4. The Labute approximate surface area is 191 Å². The molecule has 2 atom stereocenters. The molecule has 2 amide bonds. The second-order valence-electron chi connectivity index (χ2n) is 7.26. The minimum absolute atomic E-state index is 0.00602. The molecule has 32 heavy (non-hydrogen) atoms. The molecule has 8 heteroatoms. The lowest BCUT2D eigenvalue weighted by Gasteiger charge is -2.24. The Morgan fingerprint density at radius 1 is 1.03 bits per heavy atom. The van der Waals surface area contributed by atoms with Crippen LogP contribution in [-0.4, -0.2) is 32.5 Å². The van der Waals surface area contributed by atoms with Crippen molar-refractivity contribution < 1.29 is 23.6 Å². The van der Waals surface area contributed by atoms with E-state index in [1.807, 2.05) is 30.3 Å². The first-order valence-corrected chi connectivity index (χ1v) is 10.3. The number of anilines is 2. The van der Waals surface area contributed by atoms with E-state index in [2.05, 4.69) is 10.6 Å². The number of hydrogen-bond acceptors (Lipinski definition) is 3.